The first-order valence-electron chi connectivity index (χ1n) is 4.36. The van der Waals surface area contributed by atoms with E-state index in [2.05, 4.69) is 28.0 Å². The molecule has 13 heavy (non-hydrogen) atoms. The zero-order chi connectivity index (χ0) is 9.47. The van der Waals surface area contributed by atoms with E-state index in [9.17, 15) is 0 Å². The van der Waals surface area contributed by atoms with Gasteiger partial charge in [-0.05, 0) is 22.9 Å². The van der Waals surface area contributed by atoms with Crippen LogP contribution < -0.4 is 0 Å². The molecule has 0 N–H and O–H groups in total. The molecule has 1 saturated heterocycles. The normalized spacial score (nSPS) is 19.9. The molecule has 72 valence electrons. The molecule has 1 aliphatic heterocycles. The number of ether oxygens (including phenoxy) is 1. The SMILES string of the molecule is Cc1nn(CC2(C)COC2)cc1Br. The Hall–Kier alpha value is -0.350. The zero-order valence-electron chi connectivity index (χ0n) is 7.88. The lowest BCUT2D eigenvalue weighted by Gasteiger charge is -2.37. The van der Waals surface area contributed by atoms with Gasteiger partial charge in [-0.15, -0.1) is 0 Å². The molecule has 1 aromatic rings. The summed E-state index contributed by atoms with van der Waals surface area (Å²) in [6.07, 6.45) is 2.03. The smallest absolute Gasteiger partial charge is 0.0735 e. The largest absolute Gasteiger partial charge is 0.380 e. The van der Waals surface area contributed by atoms with Gasteiger partial charge in [0.2, 0.25) is 0 Å². The van der Waals surface area contributed by atoms with E-state index >= 15 is 0 Å². The minimum Gasteiger partial charge on any atom is -0.380 e. The third-order valence-electron chi connectivity index (χ3n) is 2.33. The molecule has 0 radical (unpaired) electrons. The molecular formula is C9H13BrN2O. The summed E-state index contributed by atoms with van der Waals surface area (Å²) in [5.74, 6) is 0. The molecule has 1 fully saturated rings. The molecular weight excluding hydrogens is 232 g/mol. The van der Waals surface area contributed by atoms with Gasteiger partial charge >= 0.3 is 0 Å². The summed E-state index contributed by atoms with van der Waals surface area (Å²) in [4.78, 5) is 0. The maximum atomic E-state index is 5.19. The van der Waals surface area contributed by atoms with E-state index in [1.54, 1.807) is 0 Å². The number of nitrogens with zero attached hydrogens (tertiary/aromatic N) is 2. The molecule has 0 atom stereocenters. The summed E-state index contributed by atoms with van der Waals surface area (Å²) in [5, 5.41) is 4.39. The predicted molar refractivity (Wildman–Crippen MR) is 53.6 cm³/mol. The van der Waals surface area contributed by atoms with Gasteiger partial charge in [-0.2, -0.15) is 5.10 Å². The molecule has 0 spiro atoms. The number of rotatable bonds is 2. The molecule has 3 nitrogen and oxygen atoms in total. The van der Waals surface area contributed by atoms with Crippen molar-refractivity contribution in [3.8, 4) is 0 Å². The summed E-state index contributed by atoms with van der Waals surface area (Å²) >= 11 is 3.45. The third-order valence-corrected chi connectivity index (χ3v) is 3.11. The minimum absolute atomic E-state index is 0.290. The maximum Gasteiger partial charge on any atom is 0.0735 e. The van der Waals surface area contributed by atoms with Crippen molar-refractivity contribution in [3.63, 3.8) is 0 Å². The fourth-order valence-electron chi connectivity index (χ4n) is 1.51. The molecule has 1 aliphatic rings. The first-order valence-corrected chi connectivity index (χ1v) is 5.16. The topological polar surface area (TPSA) is 27.1 Å². The standard InChI is InChI=1S/C9H13BrN2O/c1-7-8(10)3-12(11-7)4-9(2)5-13-6-9/h3H,4-6H2,1-2H3. The fraction of sp³-hybridized carbons (Fsp3) is 0.667. The number of hydrogen-bond donors (Lipinski definition) is 0. The number of halogens is 1. The summed E-state index contributed by atoms with van der Waals surface area (Å²) in [6.45, 7) is 6.87. The van der Waals surface area contributed by atoms with Crippen LogP contribution in [0.4, 0.5) is 0 Å². The molecule has 2 heterocycles. The Morgan fingerprint density at radius 1 is 1.69 bits per heavy atom. The average molecular weight is 245 g/mol. The second-order valence-electron chi connectivity index (χ2n) is 4.06. The first-order chi connectivity index (χ1) is 6.09. The van der Waals surface area contributed by atoms with Crippen molar-refractivity contribution in [3.05, 3.63) is 16.4 Å². The van der Waals surface area contributed by atoms with E-state index < -0.39 is 0 Å². The highest BCUT2D eigenvalue weighted by atomic mass is 79.9. The number of hydrogen-bond acceptors (Lipinski definition) is 2. The van der Waals surface area contributed by atoms with Gasteiger partial charge in [0.05, 0.1) is 29.9 Å². The lowest BCUT2D eigenvalue weighted by Crippen LogP contribution is -2.43. The van der Waals surface area contributed by atoms with E-state index in [0.29, 0.717) is 0 Å². The third kappa shape index (κ3) is 1.79. The van der Waals surface area contributed by atoms with Crippen LogP contribution in [0.5, 0.6) is 0 Å². The molecule has 1 aromatic heterocycles. The van der Waals surface area contributed by atoms with E-state index in [-0.39, 0.29) is 5.41 Å². The van der Waals surface area contributed by atoms with Crippen molar-refractivity contribution in [2.75, 3.05) is 13.2 Å². The van der Waals surface area contributed by atoms with Gasteiger partial charge in [-0.3, -0.25) is 4.68 Å². The molecule has 0 aliphatic carbocycles. The van der Waals surface area contributed by atoms with Gasteiger partial charge in [0.15, 0.2) is 0 Å². The monoisotopic (exact) mass is 244 g/mol. The Morgan fingerprint density at radius 3 is 2.77 bits per heavy atom. The van der Waals surface area contributed by atoms with Crippen LogP contribution >= 0.6 is 15.9 Å². The Labute approximate surface area is 86.2 Å². The van der Waals surface area contributed by atoms with E-state index in [1.165, 1.54) is 0 Å². The van der Waals surface area contributed by atoms with Gasteiger partial charge in [-0.25, -0.2) is 0 Å². The number of aryl methyl sites for hydroxylation is 1. The van der Waals surface area contributed by atoms with Gasteiger partial charge in [0, 0.05) is 11.6 Å². The molecule has 0 saturated carbocycles. The van der Waals surface area contributed by atoms with Crippen molar-refractivity contribution in [1.82, 2.24) is 9.78 Å². The highest BCUT2D eigenvalue weighted by Crippen LogP contribution is 2.28. The second-order valence-corrected chi connectivity index (χ2v) is 4.92. The first kappa shape index (κ1) is 9.21. The van der Waals surface area contributed by atoms with Crippen molar-refractivity contribution in [2.24, 2.45) is 5.41 Å². The second kappa shape index (κ2) is 3.10. The van der Waals surface area contributed by atoms with Crippen LogP contribution in [-0.4, -0.2) is 23.0 Å². The molecule has 0 amide bonds. The van der Waals surface area contributed by atoms with Crippen molar-refractivity contribution >= 4 is 15.9 Å². The highest BCUT2D eigenvalue weighted by Gasteiger charge is 2.34. The van der Waals surface area contributed by atoms with Gasteiger partial charge in [-0.1, -0.05) is 6.92 Å². The fourth-order valence-corrected chi connectivity index (χ4v) is 1.82. The molecule has 4 heteroatoms. The van der Waals surface area contributed by atoms with Crippen LogP contribution in [0.2, 0.25) is 0 Å². The van der Waals surface area contributed by atoms with Crippen LogP contribution in [0.25, 0.3) is 0 Å². The zero-order valence-corrected chi connectivity index (χ0v) is 9.47. The Kier molecular flexibility index (Phi) is 2.20. The van der Waals surface area contributed by atoms with Crippen LogP contribution in [0.15, 0.2) is 10.7 Å². The predicted octanol–water partition coefficient (Wildman–Crippen LogP) is 1.99. The average Bonchev–Trinajstić information content (AvgIpc) is 2.28. The number of aromatic nitrogens is 2. The Morgan fingerprint density at radius 2 is 2.38 bits per heavy atom. The lowest BCUT2D eigenvalue weighted by molar-refractivity contribution is -0.111. The highest BCUT2D eigenvalue weighted by molar-refractivity contribution is 9.10. The van der Waals surface area contributed by atoms with Gasteiger partial charge in [0.1, 0.15) is 0 Å². The van der Waals surface area contributed by atoms with Crippen molar-refractivity contribution in [2.45, 2.75) is 20.4 Å². The summed E-state index contributed by atoms with van der Waals surface area (Å²) < 4.78 is 8.26. The minimum atomic E-state index is 0.290. The molecule has 0 aromatic carbocycles. The summed E-state index contributed by atoms with van der Waals surface area (Å²) in [5.41, 5.74) is 1.33. The molecule has 2 rings (SSSR count). The summed E-state index contributed by atoms with van der Waals surface area (Å²) in [7, 11) is 0. The van der Waals surface area contributed by atoms with E-state index in [4.69, 9.17) is 4.74 Å². The van der Waals surface area contributed by atoms with E-state index in [0.717, 1.165) is 29.9 Å². The van der Waals surface area contributed by atoms with Crippen LogP contribution in [-0.2, 0) is 11.3 Å². The Bertz CT molecular complexity index is 298. The Balaban J connectivity index is 2.09. The quantitative estimate of drug-likeness (QED) is 0.796. The van der Waals surface area contributed by atoms with Crippen LogP contribution in [0.1, 0.15) is 12.6 Å². The van der Waals surface area contributed by atoms with Gasteiger partial charge in [0.25, 0.3) is 0 Å². The van der Waals surface area contributed by atoms with Crippen LogP contribution in [0, 0.1) is 12.3 Å². The molecule has 0 unspecified atom stereocenters. The van der Waals surface area contributed by atoms with Crippen molar-refractivity contribution in [1.29, 1.82) is 0 Å². The van der Waals surface area contributed by atoms with Crippen LogP contribution in [0.3, 0.4) is 0 Å². The van der Waals surface area contributed by atoms with E-state index in [1.807, 2.05) is 17.8 Å². The maximum absolute atomic E-state index is 5.19. The summed E-state index contributed by atoms with van der Waals surface area (Å²) in [6, 6.07) is 0. The lowest BCUT2D eigenvalue weighted by atomic mass is 9.89. The van der Waals surface area contributed by atoms with Gasteiger partial charge < -0.3 is 4.74 Å². The molecule has 0 bridgehead atoms. The van der Waals surface area contributed by atoms with Crippen molar-refractivity contribution < 1.29 is 4.74 Å².